The Morgan fingerprint density at radius 1 is 1.24 bits per heavy atom. The number of rotatable bonds is 4. The molecule has 0 aliphatic heterocycles. The van der Waals surface area contributed by atoms with E-state index in [0.717, 1.165) is 31.8 Å². The van der Waals surface area contributed by atoms with Crippen LogP contribution in [-0.4, -0.2) is 25.6 Å². The van der Waals surface area contributed by atoms with Gasteiger partial charge in [0, 0.05) is 19.6 Å². The summed E-state index contributed by atoms with van der Waals surface area (Å²) >= 11 is 0. The summed E-state index contributed by atoms with van der Waals surface area (Å²) < 4.78 is 0. The summed E-state index contributed by atoms with van der Waals surface area (Å²) in [5.74, 6) is 0.906. The van der Waals surface area contributed by atoms with Crippen molar-refractivity contribution in [1.29, 1.82) is 0 Å². The molecular weight excluding hydrogens is 373 g/mol. The lowest BCUT2D eigenvalue weighted by atomic mass is 10.0. The maximum atomic E-state index is 4.29. The maximum absolute atomic E-state index is 4.29. The molecule has 0 aromatic heterocycles. The molecular formula is C17H26IN3. The van der Waals surface area contributed by atoms with Crippen LogP contribution in [-0.2, 0) is 6.42 Å². The highest BCUT2D eigenvalue weighted by molar-refractivity contribution is 14.0. The minimum Gasteiger partial charge on any atom is -0.356 e. The van der Waals surface area contributed by atoms with Gasteiger partial charge >= 0.3 is 0 Å². The molecule has 21 heavy (non-hydrogen) atoms. The van der Waals surface area contributed by atoms with E-state index in [9.17, 15) is 0 Å². The van der Waals surface area contributed by atoms with E-state index in [1.54, 1.807) is 0 Å². The number of benzene rings is 1. The largest absolute Gasteiger partial charge is 0.356 e. The van der Waals surface area contributed by atoms with Crippen molar-refractivity contribution in [2.24, 2.45) is 4.99 Å². The van der Waals surface area contributed by atoms with Crippen LogP contribution >= 0.6 is 24.0 Å². The van der Waals surface area contributed by atoms with Crippen LogP contribution in [0, 0.1) is 13.8 Å². The fraction of sp³-hybridized carbons (Fsp3) is 0.471. The summed E-state index contributed by atoms with van der Waals surface area (Å²) in [5.41, 5.74) is 4.10. The number of nitrogens with one attached hydrogen (secondary N) is 2. The van der Waals surface area contributed by atoms with Gasteiger partial charge in [-0.1, -0.05) is 35.9 Å². The summed E-state index contributed by atoms with van der Waals surface area (Å²) in [6, 6.07) is 7.15. The van der Waals surface area contributed by atoms with Crippen molar-refractivity contribution in [3.8, 4) is 0 Å². The van der Waals surface area contributed by atoms with Crippen LogP contribution in [0.4, 0.5) is 0 Å². The number of halogens is 1. The molecule has 2 N–H and O–H groups in total. The van der Waals surface area contributed by atoms with E-state index >= 15 is 0 Å². The summed E-state index contributed by atoms with van der Waals surface area (Å²) in [6.07, 6.45) is 7.66. The molecule has 0 unspecified atom stereocenters. The van der Waals surface area contributed by atoms with Crippen LogP contribution in [0.25, 0.3) is 0 Å². The number of guanidine groups is 1. The van der Waals surface area contributed by atoms with E-state index in [2.05, 4.69) is 59.8 Å². The van der Waals surface area contributed by atoms with E-state index < -0.39 is 0 Å². The lowest BCUT2D eigenvalue weighted by Crippen LogP contribution is -2.43. The van der Waals surface area contributed by atoms with Crippen molar-refractivity contribution in [1.82, 2.24) is 10.6 Å². The number of hydrogen-bond donors (Lipinski definition) is 2. The van der Waals surface area contributed by atoms with Gasteiger partial charge < -0.3 is 10.6 Å². The van der Waals surface area contributed by atoms with E-state index in [4.69, 9.17) is 0 Å². The standard InChI is InChI=1S/C17H25N3.HI/c1-13-8-9-15(14(2)12-13)10-11-19-17(18-3)20-16-6-4-5-7-16;/h4-5,8-9,12,16H,6-7,10-11H2,1-3H3,(H2,18,19,20);1H. The molecule has 0 bridgehead atoms. The molecule has 0 radical (unpaired) electrons. The molecule has 1 aliphatic carbocycles. The second-order valence-electron chi connectivity index (χ2n) is 5.46. The first-order chi connectivity index (χ1) is 9.69. The number of hydrogen-bond acceptors (Lipinski definition) is 1. The number of nitrogens with zero attached hydrogens (tertiary/aromatic N) is 1. The molecule has 0 atom stereocenters. The molecule has 1 aromatic carbocycles. The van der Waals surface area contributed by atoms with Crippen molar-refractivity contribution in [3.05, 3.63) is 47.0 Å². The highest BCUT2D eigenvalue weighted by Gasteiger charge is 2.11. The van der Waals surface area contributed by atoms with Gasteiger partial charge in [0.1, 0.15) is 0 Å². The van der Waals surface area contributed by atoms with Gasteiger partial charge in [0.15, 0.2) is 5.96 Å². The molecule has 1 aliphatic rings. The quantitative estimate of drug-likeness (QED) is 0.353. The summed E-state index contributed by atoms with van der Waals surface area (Å²) in [5, 5.41) is 6.85. The van der Waals surface area contributed by atoms with Gasteiger partial charge in [-0.25, -0.2) is 0 Å². The fourth-order valence-electron chi connectivity index (χ4n) is 2.56. The Labute approximate surface area is 145 Å². The summed E-state index contributed by atoms with van der Waals surface area (Å²) in [7, 11) is 1.83. The first kappa shape index (κ1) is 18.0. The molecule has 0 heterocycles. The highest BCUT2D eigenvalue weighted by atomic mass is 127. The van der Waals surface area contributed by atoms with Crippen LogP contribution in [0.2, 0.25) is 0 Å². The van der Waals surface area contributed by atoms with Crippen molar-refractivity contribution in [2.75, 3.05) is 13.6 Å². The lowest BCUT2D eigenvalue weighted by Gasteiger charge is -2.17. The molecule has 1 aromatic rings. The zero-order chi connectivity index (χ0) is 14.4. The monoisotopic (exact) mass is 399 g/mol. The van der Waals surface area contributed by atoms with Gasteiger partial charge in [-0.15, -0.1) is 24.0 Å². The second-order valence-corrected chi connectivity index (χ2v) is 5.46. The predicted octanol–water partition coefficient (Wildman–Crippen LogP) is 3.35. The molecule has 0 saturated carbocycles. The molecule has 0 spiro atoms. The third-order valence-electron chi connectivity index (χ3n) is 3.76. The predicted molar refractivity (Wildman–Crippen MR) is 102 cm³/mol. The normalized spacial score (nSPS) is 14.9. The van der Waals surface area contributed by atoms with Crippen LogP contribution in [0.5, 0.6) is 0 Å². The number of aryl methyl sites for hydroxylation is 2. The van der Waals surface area contributed by atoms with Gasteiger partial charge in [0.25, 0.3) is 0 Å². The Morgan fingerprint density at radius 3 is 2.57 bits per heavy atom. The van der Waals surface area contributed by atoms with Gasteiger partial charge in [-0.3, -0.25) is 4.99 Å². The Kier molecular flexibility index (Phi) is 7.78. The SMILES string of the molecule is CN=C(NCCc1ccc(C)cc1C)NC1CC=CC1.I. The lowest BCUT2D eigenvalue weighted by molar-refractivity contribution is 0.633. The average molecular weight is 399 g/mol. The van der Waals surface area contributed by atoms with E-state index in [1.165, 1.54) is 16.7 Å². The van der Waals surface area contributed by atoms with Gasteiger partial charge in [-0.05, 0) is 44.2 Å². The minimum atomic E-state index is 0. The van der Waals surface area contributed by atoms with Crippen LogP contribution < -0.4 is 10.6 Å². The van der Waals surface area contributed by atoms with Gasteiger partial charge in [0.2, 0.25) is 0 Å². The molecule has 4 heteroatoms. The molecule has 116 valence electrons. The zero-order valence-electron chi connectivity index (χ0n) is 13.1. The first-order valence-electron chi connectivity index (χ1n) is 7.37. The molecule has 0 amide bonds. The topological polar surface area (TPSA) is 36.4 Å². The van der Waals surface area contributed by atoms with Gasteiger partial charge in [0.05, 0.1) is 0 Å². The summed E-state index contributed by atoms with van der Waals surface area (Å²) in [4.78, 5) is 4.29. The average Bonchev–Trinajstić information content (AvgIpc) is 2.93. The van der Waals surface area contributed by atoms with Crippen molar-refractivity contribution >= 4 is 29.9 Å². The van der Waals surface area contributed by atoms with Crippen LogP contribution in [0.15, 0.2) is 35.3 Å². The maximum Gasteiger partial charge on any atom is 0.191 e. The Hall–Kier alpha value is -1.04. The van der Waals surface area contributed by atoms with Gasteiger partial charge in [-0.2, -0.15) is 0 Å². The van der Waals surface area contributed by atoms with Crippen LogP contribution in [0.3, 0.4) is 0 Å². The van der Waals surface area contributed by atoms with Crippen molar-refractivity contribution in [3.63, 3.8) is 0 Å². The van der Waals surface area contributed by atoms with E-state index in [-0.39, 0.29) is 24.0 Å². The first-order valence-corrected chi connectivity index (χ1v) is 7.37. The van der Waals surface area contributed by atoms with Crippen LogP contribution in [0.1, 0.15) is 29.5 Å². The Balaban J connectivity index is 0.00000220. The van der Waals surface area contributed by atoms with E-state index in [0.29, 0.717) is 6.04 Å². The van der Waals surface area contributed by atoms with E-state index in [1.807, 2.05) is 7.05 Å². The highest BCUT2D eigenvalue weighted by Crippen LogP contribution is 2.11. The molecule has 0 fully saturated rings. The third kappa shape index (κ3) is 5.69. The van der Waals surface area contributed by atoms with Crippen molar-refractivity contribution in [2.45, 2.75) is 39.2 Å². The molecule has 2 rings (SSSR count). The Bertz CT molecular complexity index is 501. The Morgan fingerprint density at radius 2 is 1.95 bits per heavy atom. The summed E-state index contributed by atoms with van der Waals surface area (Å²) in [6.45, 7) is 5.22. The number of aliphatic imine (C=N–C) groups is 1. The molecule has 0 saturated heterocycles. The second kappa shape index (κ2) is 9.07. The minimum absolute atomic E-state index is 0. The zero-order valence-corrected chi connectivity index (χ0v) is 15.5. The fourth-order valence-corrected chi connectivity index (χ4v) is 2.56. The molecule has 3 nitrogen and oxygen atoms in total. The van der Waals surface area contributed by atoms with Crippen molar-refractivity contribution < 1.29 is 0 Å². The third-order valence-corrected chi connectivity index (χ3v) is 3.76. The smallest absolute Gasteiger partial charge is 0.191 e.